The zero-order valence-corrected chi connectivity index (χ0v) is 20.2. The van der Waals surface area contributed by atoms with Crippen molar-refractivity contribution in [1.82, 2.24) is 24.2 Å². The first kappa shape index (κ1) is 21.0. The maximum atomic E-state index is 12.0. The Morgan fingerprint density at radius 1 is 1.21 bits per heavy atom. The minimum atomic E-state index is -0.969. The van der Waals surface area contributed by atoms with Crippen LogP contribution in [0.1, 0.15) is 31.4 Å². The summed E-state index contributed by atoms with van der Waals surface area (Å²) in [4.78, 5) is 26.2. The molecule has 3 aromatic rings. The first-order chi connectivity index (χ1) is 16.0. The Bertz CT molecular complexity index is 1310. The first-order valence-corrected chi connectivity index (χ1v) is 13.3. The topological polar surface area (TPSA) is 95.6 Å². The van der Waals surface area contributed by atoms with Gasteiger partial charge in [0, 0.05) is 49.2 Å². The number of aliphatic imine (C=N–C) groups is 1. The van der Waals surface area contributed by atoms with E-state index in [1.54, 1.807) is 31.6 Å². The van der Waals surface area contributed by atoms with Gasteiger partial charge in [-0.05, 0) is 50.4 Å². The van der Waals surface area contributed by atoms with Gasteiger partial charge < -0.3 is 15.0 Å². The van der Waals surface area contributed by atoms with Crippen LogP contribution in [0.3, 0.4) is 0 Å². The molecular weight excluding hydrogens is 456 g/mol. The van der Waals surface area contributed by atoms with Crippen molar-refractivity contribution >= 4 is 32.5 Å². The van der Waals surface area contributed by atoms with E-state index in [-0.39, 0.29) is 11.3 Å². The molecule has 0 radical (unpaired) electrons. The predicted octanol–water partition coefficient (Wildman–Crippen LogP) is 3.19. The highest BCUT2D eigenvalue weighted by Gasteiger charge is 2.40. The molecular formula is C23H26N6O2S2. The van der Waals surface area contributed by atoms with Gasteiger partial charge in [0.2, 0.25) is 0 Å². The van der Waals surface area contributed by atoms with E-state index in [2.05, 4.69) is 26.6 Å². The van der Waals surface area contributed by atoms with Crippen molar-refractivity contribution in [3.63, 3.8) is 0 Å². The van der Waals surface area contributed by atoms with E-state index in [0.717, 1.165) is 33.5 Å². The van der Waals surface area contributed by atoms with Crippen molar-refractivity contribution in [2.75, 3.05) is 7.05 Å². The molecule has 3 aromatic heterocycles. The summed E-state index contributed by atoms with van der Waals surface area (Å²) in [5.41, 5.74) is 3.68. The molecule has 1 unspecified atom stereocenters. The van der Waals surface area contributed by atoms with Crippen LogP contribution >= 0.6 is 22.4 Å². The van der Waals surface area contributed by atoms with Gasteiger partial charge in [-0.15, -0.1) is 22.4 Å². The number of aromatic nitrogens is 3. The predicted molar refractivity (Wildman–Crippen MR) is 133 cm³/mol. The molecule has 0 amide bonds. The van der Waals surface area contributed by atoms with Crippen LogP contribution in [0.2, 0.25) is 0 Å². The van der Waals surface area contributed by atoms with Crippen molar-refractivity contribution in [1.29, 1.82) is 0 Å². The van der Waals surface area contributed by atoms with Crippen LogP contribution in [0.5, 0.6) is 5.75 Å². The van der Waals surface area contributed by atoms with Gasteiger partial charge in [0.15, 0.2) is 5.00 Å². The van der Waals surface area contributed by atoms with Crippen LogP contribution < -0.4 is 10.9 Å². The van der Waals surface area contributed by atoms with Crippen LogP contribution in [0.15, 0.2) is 50.9 Å². The van der Waals surface area contributed by atoms with E-state index in [1.807, 2.05) is 11.6 Å². The van der Waals surface area contributed by atoms with Gasteiger partial charge in [-0.1, -0.05) is 0 Å². The molecule has 4 atom stereocenters. The standard InChI is InChI=1S/C23H26N6O2S2/c1-28-6-5-13(8-19(28)31)14-7-18(30)20(24-11-14)22-27-21-23(25-12-32-21)33(22)29(2)17-9-15-3-4-16(10-17)26-15/h5-8,11-12,15-17,26,30,33H,3-4,9-10H2,1-2H3/t15-,16+,17-. The maximum absolute atomic E-state index is 12.0. The van der Waals surface area contributed by atoms with Gasteiger partial charge in [-0.25, -0.2) is 15.0 Å². The summed E-state index contributed by atoms with van der Waals surface area (Å²) in [6.45, 7) is 0. The maximum Gasteiger partial charge on any atom is 0.250 e. The number of hydrogen-bond donors (Lipinski definition) is 3. The number of nitrogens with zero attached hydrogens (tertiary/aromatic N) is 5. The molecule has 0 saturated carbocycles. The fourth-order valence-corrected chi connectivity index (χ4v) is 8.56. The van der Waals surface area contributed by atoms with Crippen LogP contribution in [-0.2, 0) is 7.05 Å². The van der Waals surface area contributed by atoms with E-state index in [1.165, 1.54) is 28.7 Å². The van der Waals surface area contributed by atoms with Gasteiger partial charge in [0.25, 0.3) is 5.56 Å². The monoisotopic (exact) mass is 482 g/mol. The quantitative estimate of drug-likeness (QED) is 0.495. The third-order valence-corrected chi connectivity index (χ3v) is 10.2. The third kappa shape index (κ3) is 3.61. The second kappa shape index (κ2) is 8.05. The summed E-state index contributed by atoms with van der Waals surface area (Å²) < 4.78 is 3.96. The second-order valence-electron chi connectivity index (χ2n) is 9.02. The molecule has 10 heteroatoms. The molecule has 6 heterocycles. The number of fused-ring (bicyclic) bond motifs is 3. The number of hydrogen-bond acceptors (Lipinski definition) is 8. The highest BCUT2D eigenvalue weighted by molar-refractivity contribution is 8.29. The lowest BCUT2D eigenvalue weighted by Crippen LogP contribution is -2.46. The Kier molecular flexibility index (Phi) is 5.13. The number of nitrogens with one attached hydrogen (secondary N) is 1. The molecule has 3 aliphatic rings. The summed E-state index contributed by atoms with van der Waals surface area (Å²) in [7, 11) is 3.89. The van der Waals surface area contributed by atoms with E-state index in [4.69, 9.17) is 4.99 Å². The fourth-order valence-electron chi connectivity index (χ4n) is 5.16. The smallest absolute Gasteiger partial charge is 0.250 e. The molecule has 2 N–H and O–H groups in total. The lowest BCUT2D eigenvalue weighted by Gasteiger charge is -2.40. The summed E-state index contributed by atoms with van der Waals surface area (Å²) in [5.74, 6) is 0.0772. The summed E-state index contributed by atoms with van der Waals surface area (Å²) in [6.07, 6.45) is 8.18. The highest BCUT2D eigenvalue weighted by Crippen LogP contribution is 2.56. The van der Waals surface area contributed by atoms with Gasteiger partial charge in [-0.2, -0.15) is 0 Å². The fraction of sp³-hybridized carbons (Fsp3) is 0.391. The Morgan fingerprint density at radius 3 is 2.73 bits per heavy atom. The molecule has 2 fully saturated rings. The number of thiazole rings is 1. The number of piperidine rings is 1. The van der Waals surface area contributed by atoms with Crippen molar-refractivity contribution in [3.8, 4) is 16.9 Å². The summed E-state index contributed by atoms with van der Waals surface area (Å²) in [5, 5.41) is 17.4. The van der Waals surface area contributed by atoms with Gasteiger partial charge in [0.1, 0.15) is 21.5 Å². The molecule has 0 spiro atoms. The number of thiol groups is 1. The van der Waals surface area contributed by atoms with Crippen molar-refractivity contribution in [3.05, 3.63) is 52.2 Å². The third-order valence-electron chi connectivity index (χ3n) is 6.95. The zero-order valence-electron chi connectivity index (χ0n) is 18.5. The molecule has 2 saturated heterocycles. The first-order valence-electron chi connectivity index (χ1n) is 11.2. The van der Waals surface area contributed by atoms with Crippen LogP contribution in [0.25, 0.3) is 11.1 Å². The second-order valence-corrected chi connectivity index (χ2v) is 12.0. The van der Waals surface area contributed by atoms with Gasteiger partial charge in [-0.3, -0.25) is 9.10 Å². The van der Waals surface area contributed by atoms with Crippen molar-refractivity contribution in [2.24, 2.45) is 12.0 Å². The van der Waals surface area contributed by atoms with E-state index < -0.39 is 11.1 Å². The van der Waals surface area contributed by atoms with E-state index in [0.29, 0.717) is 29.4 Å². The lowest BCUT2D eigenvalue weighted by atomic mass is 10.0. The Hall–Kier alpha value is -2.53. The van der Waals surface area contributed by atoms with Crippen LogP contribution in [0, 0.1) is 0 Å². The molecule has 6 rings (SSSR count). The number of aryl methyl sites for hydroxylation is 1. The SMILES string of the molecule is CN([C@@H]1C[C@H]2CC[C@@H](C1)N2)[SH]1C(c2ncc(-c3ccn(C)c(=O)c3)cc2O)=Nc2scnc21. The van der Waals surface area contributed by atoms with E-state index in [9.17, 15) is 9.90 Å². The Balaban J connectivity index is 1.35. The normalized spacial score (nSPS) is 27.1. The molecule has 3 aliphatic heterocycles. The van der Waals surface area contributed by atoms with E-state index >= 15 is 0 Å². The average Bonchev–Trinajstić information content (AvgIpc) is 3.49. The molecule has 0 aliphatic carbocycles. The molecule has 0 aromatic carbocycles. The lowest BCUT2D eigenvalue weighted by molar-refractivity contribution is 0.264. The van der Waals surface area contributed by atoms with Gasteiger partial charge in [0.05, 0.1) is 5.51 Å². The molecule has 33 heavy (non-hydrogen) atoms. The summed E-state index contributed by atoms with van der Waals surface area (Å²) >= 11 is 0.564. The number of aromatic hydroxyl groups is 1. The molecule has 8 nitrogen and oxygen atoms in total. The largest absolute Gasteiger partial charge is 0.506 e. The van der Waals surface area contributed by atoms with Crippen LogP contribution in [0.4, 0.5) is 5.00 Å². The minimum absolute atomic E-state index is 0.0772. The number of rotatable bonds is 4. The molecule has 2 bridgehead atoms. The summed E-state index contributed by atoms with van der Waals surface area (Å²) in [6, 6.07) is 6.71. The zero-order chi connectivity index (χ0) is 22.7. The highest BCUT2D eigenvalue weighted by atomic mass is 32.2. The minimum Gasteiger partial charge on any atom is -0.506 e. The number of pyridine rings is 2. The van der Waals surface area contributed by atoms with Crippen molar-refractivity contribution in [2.45, 2.75) is 48.8 Å². The van der Waals surface area contributed by atoms with Gasteiger partial charge >= 0.3 is 0 Å². The van der Waals surface area contributed by atoms with Crippen LogP contribution in [-0.4, -0.2) is 54.2 Å². The average molecular weight is 483 g/mol. The Labute approximate surface area is 198 Å². The van der Waals surface area contributed by atoms with Crippen molar-refractivity contribution < 1.29 is 5.11 Å². The Morgan fingerprint density at radius 2 is 2.00 bits per heavy atom. The molecule has 172 valence electrons.